The van der Waals surface area contributed by atoms with Crippen molar-refractivity contribution >= 4 is 17.9 Å². The lowest BCUT2D eigenvalue weighted by Crippen LogP contribution is -2.01. The summed E-state index contributed by atoms with van der Waals surface area (Å²) in [5.41, 5.74) is 3.86. The number of carbonyl (C=O) groups excluding carboxylic acids is 1. The lowest BCUT2D eigenvalue weighted by atomic mass is 9.97. The molecule has 2 aromatic carbocycles. The van der Waals surface area contributed by atoms with Gasteiger partial charge in [0.25, 0.3) is 0 Å². The highest BCUT2D eigenvalue weighted by atomic mass is 35.5. The summed E-state index contributed by atoms with van der Waals surface area (Å²) in [7, 11) is 0. The zero-order chi connectivity index (χ0) is 12.6. The molecule has 0 N–H and O–H groups in total. The Morgan fingerprint density at radius 2 is 1.72 bits per heavy atom. The number of aldehydes is 1. The summed E-state index contributed by atoms with van der Waals surface area (Å²) >= 11 is 6.39. The predicted octanol–water partition coefficient (Wildman–Crippen LogP) is 4.39. The van der Waals surface area contributed by atoms with Crippen molar-refractivity contribution in [1.29, 1.82) is 0 Å². The number of rotatable bonds is 3. The average molecular weight is 257 g/mol. The maximum absolute atomic E-state index is 11.2. The molecule has 1 aliphatic rings. The molecule has 0 bridgehead atoms. The van der Waals surface area contributed by atoms with Gasteiger partial charge in [0.2, 0.25) is 0 Å². The summed E-state index contributed by atoms with van der Waals surface area (Å²) in [5.74, 6) is 0. The van der Waals surface area contributed by atoms with Gasteiger partial charge in [0.1, 0.15) is 6.29 Å². The minimum absolute atomic E-state index is 0.286. The van der Waals surface area contributed by atoms with E-state index in [1.165, 1.54) is 0 Å². The van der Waals surface area contributed by atoms with Crippen molar-refractivity contribution in [3.63, 3.8) is 0 Å². The Kier molecular flexibility index (Phi) is 2.71. The van der Waals surface area contributed by atoms with Crippen molar-refractivity contribution in [2.75, 3.05) is 0 Å². The first kappa shape index (κ1) is 11.5. The van der Waals surface area contributed by atoms with Crippen LogP contribution in [0.2, 0.25) is 0 Å². The van der Waals surface area contributed by atoms with Gasteiger partial charge >= 0.3 is 0 Å². The molecule has 1 aliphatic carbocycles. The maximum Gasteiger partial charge on any atom is 0.150 e. The number of hydrogen-bond donors (Lipinski definition) is 0. The monoisotopic (exact) mass is 256 g/mol. The van der Waals surface area contributed by atoms with Crippen LogP contribution in [0.3, 0.4) is 0 Å². The summed E-state index contributed by atoms with van der Waals surface area (Å²) in [6, 6.07) is 16.0. The quantitative estimate of drug-likeness (QED) is 0.588. The fourth-order valence-electron chi connectivity index (χ4n) is 2.26. The predicted molar refractivity (Wildman–Crippen MR) is 74.0 cm³/mol. The second-order valence-electron chi connectivity index (χ2n) is 4.75. The SMILES string of the molecule is O=Cc1cc(-c2ccccc2)ccc1C1(Cl)CC1. The fourth-order valence-corrected chi connectivity index (χ4v) is 2.52. The molecule has 0 atom stereocenters. The van der Waals surface area contributed by atoms with E-state index in [1.807, 2.05) is 48.5 Å². The summed E-state index contributed by atoms with van der Waals surface area (Å²) in [5, 5.41) is 0. The Morgan fingerprint density at radius 1 is 1.00 bits per heavy atom. The second kappa shape index (κ2) is 4.25. The zero-order valence-electron chi connectivity index (χ0n) is 9.90. The van der Waals surface area contributed by atoms with E-state index in [9.17, 15) is 4.79 Å². The highest BCUT2D eigenvalue weighted by Crippen LogP contribution is 2.53. The molecule has 90 valence electrons. The van der Waals surface area contributed by atoms with E-state index >= 15 is 0 Å². The Morgan fingerprint density at radius 3 is 2.33 bits per heavy atom. The molecule has 0 saturated heterocycles. The van der Waals surface area contributed by atoms with E-state index in [2.05, 4.69) is 0 Å². The van der Waals surface area contributed by atoms with Gasteiger partial charge < -0.3 is 0 Å². The van der Waals surface area contributed by atoms with Crippen molar-refractivity contribution < 1.29 is 4.79 Å². The molecule has 0 aliphatic heterocycles. The standard InChI is InChI=1S/C16H13ClO/c17-16(8-9-16)15-7-6-13(10-14(15)11-18)12-4-2-1-3-5-12/h1-7,10-11H,8-9H2. The molecule has 0 aromatic heterocycles. The Labute approximate surface area is 111 Å². The van der Waals surface area contributed by atoms with Crippen LogP contribution in [-0.2, 0) is 4.87 Å². The minimum Gasteiger partial charge on any atom is -0.298 e. The van der Waals surface area contributed by atoms with Gasteiger partial charge in [-0.3, -0.25) is 4.79 Å². The van der Waals surface area contributed by atoms with Crippen LogP contribution in [0, 0.1) is 0 Å². The molecule has 0 amide bonds. The van der Waals surface area contributed by atoms with Crippen LogP contribution in [0.1, 0.15) is 28.8 Å². The largest absolute Gasteiger partial charge is 0.298 e. The summed E-state index contributed by atoms with van der Waals surface area (Å²) in [4.78, 5) is 10.9. The summed E-state index contributed by atoms with van der Waals surface area (Å²) in [6.45, 7) is 0. The summed E-state index contributed by atoms with van der Waals surface area (Å²) < 4.78 is 0. The molecule has 0 unspecified atom stereocenters. The maximum atomic E-state index is 11.2. The molecule has 1 saturated carbocycles. The average Bonchev–Trinajstić information content (AvgIpc) is 3.18. The van der Waals surface area contributed by atoms with E-state index in [1.54, 1.807) is 0 Å². The molecular formula is C16H13ClO. The van der Waals surface area contributed by atoms with Crippen LogP contribution in [0.4, 0.5) is 0 Å². The number of alkyl halides is 1. The summed E-state index contributed by atoms with van der Waals surface area (Å²) in [6.07, 6.45) is 2.82. The van der Waals surface area contributed by atoms with Crippen LogP contribution < -0.4 is 0 Å². The van der Waals surface area contributed by atoms with E-state index in [0.29, 0.717) is 5.56 Å². The first-order valence-corrected chi connectivity index (χ1v) is 6.45. The van der Waals surface area contributed by atoms with Gasteiger partial charge in [0.15, 0.2) is 0 Å². The van der Waals surface area contributed by atoms with E-state index in [-0.39, 0.29) is 4.87 Å². The van der Waals surface area contributed by atoms with E-state index < -0.39 is 0 Å². The first-order chi connectivity index (χ1) is 8.73. The fraction of sp³-hybridized carbons (Fsp3) is 0.188. The van der Waals surface area contributed by atoms with Gasteiger partial charge in [-0.1, -0.05) is 42.5 Å². The van der Waals surface area contributed by atoms with Crippen LogP contribution >= 0.6 is 11.6 Å². The van der Waals surface area contributed by atoms with Crippen molar-refractivity contribution in [1.82, 2.24) is 0 Å². The molecule has 2 heteroatoms. The molecule has 18 heavy (non-hydrogen) atoms. The van der Waals surface area contributed by atoms with E-state index in [0.717, 1.165) is 35.8 Å². The molecule has 0 radical (unpaired) electrons. The van der Waals surface area contributed by atoms with E-state index in [4.69, 9.17) is 11.6 Å². The number of carbonyl (C=O) groups is 1. The molecule has 3 rings (SSSR count). The van der Waals surface area contributed by atoms with Gasteiger partial charge in [-0.2, -0.15) is 0 Å². The number of hydrogen-bond acceptors (Lipinski definition) is 1. The first-order valence-electron chi connectivity index (χ1n) is 6.07. The Balaban J connectivity index is 2.07. The minimum atomic E-state index is -0.286. The number of halogens is 1. The van der Waals surface area contributed by atoms with Gasteiger partial charge in [0.05, 0.1) is 4.87 Å². The van der Waals surface area contributed by atoms with Gasteiger partial charge in [-0.05, 0) is 35.6 Å². The molecule has 2 aromatic rings. The molecule has 0 spiro atoms. The van der Waals surface area contributed by atoms with Crippen molar-refractivity contribution in [3.05, 3.63) is 59.7 Å². The van der Waals surface area contributed by atoms with Gasteiger partial charge in [-0.25, -0.2) is 0 Å². The lowest BCUT2D eigenvalue weighted by molar-refractivity contribution is 0.112. The Bertz CT molecular complexity index is 585. The van der Waals surface area contributed by atoms with Crippen LogP contribution in [0.15, 0.2) is 48.5 Å². The van der Waals surface area contributed by atoms with Crippen LogP contribution in [-0.4, -0.2) is 6.29 Å². The lowest BCUT2D eigenvalue weighted by Gasteiger charge is -2.11. The Hall–Kier alpha value is -1.60. The molecular weight excluding hydrogens is 244 g/mol. The third-order valence-corrected chi connectivity index (χ3v) is 4.04. The van der Waals surface area contributed by atoms with Crippen molar-refractivity contribution in [2.45, 2.75) is 17.7 Å². The molecule has 0 heterocycles. The normalized spacial score (nSPS) is 16.3. The third kappa shape index (κ3) is 1.95. The van der Waals surface area contributed by atoms with Crippen molar-refractivity contribution in [3.8, 4) is 11.1 Å². The second-order valence-corrected chi connectivity index (χ2v) is 5.47. The zero-order valence-corrected chi connectivity index (χ0v) is 10.7. The number of benzene rings is 2. The highest BCUT2D eigenvalue weighted by Gasteiger charge is 2.43. The van der Waals surface area contributed by atoms with Gasteiger partial charge in [-0.15, -0.1) is 11.6 Å². The third-order valence-electron chi connectivity index (χ3n) is 3.46. The van der Waals surface area contributed by atoms with Crippen LogP contribution in [0.5, 0.6) is 0 Å². The van der Waals surface area contributed by atoms with Crippen LogP contribution in [0.25, 0.3) is 11.1 Å². The molecule has 1 nitrogen and oxygen atoms in total. The smallest absolute Gasteiger partial charge is 0.150 e. The van der Waals surface area contributed by atoms with Gasteiger partial charge in [0, 0.05) is 5.56 Å². The topological polar surface area (TPSA) is 17.1 Å². The van der Waals surface area contributed by atoms with Crippen molar-refractivity contribution in [2.24, 2.45) is 0 Å². The highest BCUT2D eigenvalue weighted by molar-refractivity contribution is 6.26. The molecule has 1 fully saturated rings.